The highest BCUT2D eigenvalue weighted by Crippen LogP contribution is 2.21. The Morgan fingerprint density at radius 1 is 1.28 bits per heavy atom. The van der Waals surface area contributed by atoms with Crippen molar-refractivity contribution in [3.05, 3.63) is 39.4 Å². The third kappa shape index (κ3) is 3.05. The molecule has 1 saturated heterocycles. The maximum Gasteiger partial charge on any atom is 0.274 e. The van der Waals surface area contributed by atoms with Crippen LogP contribution in [0.4, 0.5) is 5.69 Å². The van der Waals surface area contributed by atoms with Crippen molar-refractivity contribution in [3.8, 4) is 0 Å². The number of nitrogens with zero attached hydrogens (tertiary/aromatic N) is 2. The number of nitro groups is 1. The Balaban J connectivity index is 2.13. The zero-order chi connectivity index (χ0) is 13.0. The molecular weight excluding hydrogens is 230 g/mol. The molecule has 0 bridgehead atoms. The Kier molecular flexibility index (Phi) is 4.28. The van der Waals surface area contributed by atoms with E-state index in [0.717, 1.165) is 25.2 Å². The predicted molar refractivity (Wildman–Crippen MR) is 70.1 cm³/mol. The molecule has 1 fully saturated rings. The minimum Gasteiger partial charge on any atom is -0.326 e. The highest BCUT2D eigenvalue weighted by Gasteiger charge is 2.15. The molecule has 0 atom stereocenters. The largest absolute Gasteiger partial charge is 0.326 e. The van der Waals surface area contributed by atoms with Gasteiger partial charge in [-0.05, 0) is 31.5 Å². The van der Waals surface area contributed by atoms with Crippen LogP contribution in [0.3, 0.4) is 0 Å². The summed E-state index contributed by atoms with van der Waals surface area (Å²) in [7, 11) is 0. The summed E-state index contributed by atoms with van der Waals surface area (Å²) in [6.45, 7) is 3.19. The van der Waals surface area contributed by atoms with E-state index in [-0.39, 0.29) is 17.2 Å². The van der Waals surface area contributed by atoms with Crippen LogP contribution >= 0.6 is 0 Å². The van der Waals surface area contributed by atoms with E-state index in [4.69, 9.17) is 5.73 Å². The van der Waals surface area contributed by atoms with Crippen LogP contribution in [0, 0.1) is 10.1 Å². The Labute approximate surface area is 107 Å². The summed E-state index contributed by atoms with van der Waals surface area (Å²) in [6, 6.07) is 5.39. The highest BCUT2D eigenvalue weighted by molar-refractivity contribution is 5.43. The molecule has 0 spiro atoms. The van der Waals surface area contributed by atoms with E-state index >= 15 is 0 Å². The maximum absolute atomic E-state index is 11.0. The molecule has 0 radical (unpaired) electrons. The second-order valence-corrected chi connectivity index (χ2v) is 4.76. The molecule has 1 heterocycles. The minimum absolute atomic E-state index is 0.145. The van der Waals surface area contributed by atoms with E-state index in [9.17, 15) is 10.1 Å². The van der Waals surface area contributed by atoms with Crippen LogP contribution < -0.4 is 5.73 Å². The molecule has 0 aliphatic carbocycles. The zero-order valence-electron chi connectivity index (χ0n) is 10.5. The summed E-state index contributed by atoms with van der Waals surface area (Å²) in [5.74, 6) is 0. The summed E-state index contributed by atoms with van der Waals surface area (Å²) in [6.07, 6.45) is 3.74. The first-order valence-electron chi connectivity index (χ1n) is 6.39. The van der Waals surface area contributed by atoms with Crippen LogP contribution in [0.15, 0.2) is 18.2 Å². The lowest BCUT2D eigenvalue weighted by atomic mass is 10.1. The number of nitrogens with two attached hydrogens (primary N) is 1. The summed E-state index contributed by atoms with van der Waals surface area (Å²) >= 11 is 0. The Hall–Kier alpha value is -1.46. The van der Waals surface area contributed by atoms with E-state index in [1.165, 1.54) is 19.3 Å². The Morgan fingerprint density at radius 2 is 2.00 bits per heavy atom. The second-order valence-electron chi connectivity index (χ2n) is 4.76. The van der Waals surface area contributed by atoms with Crippen molar-refractivity contribution in [2.75, 3.05) is 13.1 Å². The average Bonchev–Trinajstić information content (AvgIpc) is 2.40. The van der Waals surface area contributed by atoms with E-state index in [1.54, 1.807) is 12.1 Å². The van der Waals surface area contributed by atoms with Gasteiger partial charge in [0.15, 0.2) is 0 Å². The molecular formula is C13H19N3O2. The molecule has 2 N–H and O–H groups in total. The monoisotopic (exact) mass is 249 g/mol. The van der Waals surface area contributed by atoms with Gasteiger partial charge in [-0.25, -0.2) is 0 Å². The van der Waals surface area contributed by atoms with E-state index in [0.29, 0.717) is 5.56 Å². The van der Waals surface area contributed by atoms with Crippen LogP contribution in [-0.4, -0.2) is 22.9 Å². The average molecular weight is 249 g/mol. The summed E-state index contributed by atoms with van der Waals surface area (Å²) < 4.78 is 0. The lowest BCUT2D eigenvalue weighted by Gasteiger charge is -2.26. The van der Waals surface area contributed by atoms with Gasteiger partial charge < -0.3 is 5.73 Å². The quantitative estimate of drug-likeness (QED) is 0.654. The third-order valence-electron chi connectivity index (χ3n) is 3.42. The van der Waals surface area contributed by atoms with Gasteiger partial charge in [0, 0.05) is 24.7 Å². The van der Waals surface area contributed by atoms with Gasteiger partial charge in [-0.3, -0.25) is 15.0 Å². The number of rotatable bonds is 4. The first kappa shape index (κ1) is 13.0. The SMILES string of the molecule is NCc1ccc(CN2CCCCC2)cc1[N+](=O)[O-]. The minimum atomic E-state index is -0.345. The Morgan fingerprint density at radius 3 is 2.61 bits per heavy atom. The van der Waals surface area contributed by atoms with Gasteiger partial charge in [-0.1, -0.05) is 18.6 Å². The van der Waals surface area contributed by atoms with E-state index in [2.05, 4.69) is 4.90 Å². The molecule has 1 aromatic carbocycles. The van der Waals surface area contributed by atoms with Gasteiger partial charge in [0.1, 0.15) is 0 Å². The van der Waals surface area contributed by atoms with E-state index in [1.807, 2.05) is 6.07 Å². The van der Waals surface area contributed by atoms with Gasteiger partial charge in [0.2, 0.25) is 0 Å². The van der Waals surface area contributed by atoms with Crippen molar-refractivity contribution in [1.29, 1.82) is 0 Å². The van der Waals surface area contributed by atoms with Crippen molar-refractivity contribution >= 4 is 5.69 Å². The van der Waals surface area contributed by atoms with Crippen LogP contribution in [0.25, 0.3) is 0 Å². The number of nitro benzene ring substituents is 1. The number of hydrogen-bond acceptors (Lipinski definition) is 4. The van der Waals surface area contributed by atoms with Gasteiger partial charge in [0.25, 0.3) is 5.69 Å². The molecule has 5 heteroatoms. The molecule has 1 aromatic rings. The first-order valence-corrected chi connectivity index (χ1v) is 6.39. The lowest BCUT2D eigenvalue weighted by molar-refractivity contribution is -0.385. The molecule has 0 aromatic heterocycles. The molecule has 0 saturated carbocycles. The fourth-order valence-electron chi connectivity index (χ4n) is 2.43. The van der Waals surface area contributed by atoms with Crippen LogP contribution in [-0.2, 0) is 13.1 Å². The highest BCUT2D eigenvalue weighted by atomic mass is 16.6. The molecule has 0 amide bonds. The fraction of sp³-hybridized carbons (Fsp3) is 0.538. The topological polar surface area (TPSA) is 72.4 Å². The standard InChI is InChI=1S/C13H19N3O2/c14-9-12-5-4-11(8-13(12)16(17)18)10-15-6-2-1-3-7-15/h4-5,8H,1-3,6-7,9-10,14H2. The van der Waals surface area contributed by atoms with Crippen LogP contribution in [0.5, 0.6) is 0 Å². The number of piperidine rings is 1. The second kappa shape index (κ2) is 5.93. The van der Waals surface area contributed by atoms with Crippen LogP contribution in [0.2, 0.25) is 0 Å². The van der Waals surface area contributed by atoms with Gasteiger partial charge >= 0.3 is 0 Å². The molecule has 98 valence electrons. The van der Waals surface area contributed by atoms with Crippen molar-refractivity contribution in [2.24, 2.45) is 5.73 Å². The zero-order valence-corrected chi connectivity index (χ0v) is 10.5. The van der Waals surface area contributed by atoms with Crippen LogP contribution in [0.1, 0.15) is 30.4 Å². The first-order chi connectivity index (χ1) is 8.70. The fourth-order valence-corrected chi connectivity index (χ4v) is 2.43. The third-order valence-corrected chi connectivity index (χ3v) is 3.42. The van der Waals surface area contributed by atoms with Gasteiger partial charge in [-0.15, -0.1) is 0 Å². The van der Waals surface area contributed by atoms with Crippen molar-refractivity contribution in [1.82, 2.24) is 4.90 Å². The lowest BCUT2D eigenvalue weighted by Crippen LogP contribution is -2.29. The van der Waals surface area contributed by atoms with Crippen molar-refractivity contribution in [2.45, 2.75) is 32.4 Å². The molecule has 5 nitrogen and oxygen atoms in total. The molecule has 1 aliphatic rings. The molecule has 1 aliphatic heterocycles. The number of likely N-dealkylation sites (tertiary alicyclic amines) is 1. The van der Waals surface area contributed by atoms with Gasteiger partial charge in [0.05, 0.1) is 4.92 Å². The summed E-state index contributed by atoms with van der Waals surface area (Å²) in [4.78, 5) is 13.0. The molecule has 0 unspecified atom stereocenters. The summed E-state index contributed by atoms with van der Waals surface area (Å²) in [5, 5.41) is 11.0. The Bertz CT molecular complexity index is 428. The predicted octanol–water partition coefficient (Wildman–Crippen LogP) is 2.04. The molecule has 18 heavy (non-hydrogen) atoms. The van der Waals surface area contributed by atoms with Crippen molar-refractivity contribution < 1.29 is 4.92 Å². The normalized spacial score (nSPS) is 16.7. The smallest absolute Gasteiger partial charge is 0.274 e. The number of benzene rings is 1. The van der Waals surface area contributed by atoms with Gasteiger partial charge in [-0.2, -0.15) is 0 Å². The number of hydrogen-bond donors (Lipinski definition) is 1. The maximum atomic E-state index is 11.0. The van der Waals surface area contributed by atoms with Crippen molar-refractivity contribution in [3.63, 3.8) is 0 Å². The molecule has 2 rings (SSSR count). The summed E-state index contributed by atoms with van der Waals surface area (Å²) in [5.41, 5.74) is 7.25. The van der Waals surface area contributed by atoms with E-state index < -0.39 is 0 Å².